The highest BCUT2D eigenvalue weighted by Crippen LogP contribution is 2.17. The maximum Gasteiger partial charge on any atom is 0.306 e. The molecule has 0 aromatic rings. The van der Waals surface area contributed by atoms with Crippen LogP contribution in [-0.2, 0) is 28.6 Å². The van der Waals surface area contributed by atoms with Crippen molar-refractivity contribution in [3.05, 3.63) is 72.9 Å². The second-order valence-corrected chi connectivity index (χ2v) is 20.2. The van der Waals surface area contributed by atoms with Crippen LogP contribution in [-0.4, -0.2) is 37.2 Å². The molecule has 0 saturated heterocycles. The van der Waals surface area contributed by atoms with Crippen molar-refractivity contribution in [1.29, 1.82) is 0 Å². The lowest BCUT2D eigenvalue weighted by atomic mass is 10.0. The first kappa shape index (κ1) is 67.8. The molecule has 0 amide bonds. The van der Waals surface area contributed by atoms with E-state index in [4.69, 9.17) is 14.2 Å². The van der Waals surface area contributed by atoms with Crippen LogP contribution in [0.5, 0.6) is 0 Å². The summed E-state index contributed by atoms with van der Waals surface area (Å²) in [5.41, 5.74) is 0. The number of ether oxygens (including phenoxy) is 3. The molecule has 0 aliphatic rings. The van der Waals surface area contributed by atoms with E-state index < -0.39 is 6.10 Å². The summed E-state index contributed by atoms with van der Waals surface area (Å²) in [6.07, 6.45) is 76.5. The molecule has 0 bridgehead atoms. The molecule has 0 aliphatic carbocycles. The van der Waals surface area contributed by atoms with E-state index in [1.54, 1.807) is 0 Å². The van der Waals surface area contributed by atoms with Crippen molar-refractivity contribution in [3.63, 3.8) is 0 Å². The van der Waals surface area contributed by atoms with Gasteiger partial charge < -0.3 is 14.2 Å². The molecule has 0 aromatic heterocycles. The molecule has 0 aromatic carbocycles. The Morgan fingerprint density at radius 2 is 0.549 bits per heavy atom. The van der Waals surface area contributed by atoms with Gasteiger partial charge in [0.1, 0.15) is 13.2 Å². The lowest BCUT2D eigenvalue weighted by Crippen LogP contribution is -2.30. The second-order valence-electron chi connectivity index (χ2n) is 20.2. The Kier molecular flexibility index (Phi) is 56.8. The van der Waals surface area contributed by atoms with E-state index in [9.17, 15) is 14.4 Å². The van der Waals surface area contributed by atoms with Crippen molar-refractivity contribution in [1.82, 2.24) is 0 Å². The second kappa shape index (κ2) is 59.4. The minimum atomic E-state index is -0.812. The minimum absolute atomic E-state index is 0.102. The quantitative estimate of drug-likeness (QED) is 0.0261. The van der Waals surface area contributed by atoms with Crippen LogP contribution in [0.4, 0.5) is 0 Å². The van der Waals surface area contributed by atoms with Crippen molar-refractivity contribution < 1.29 is 28.6 Å². The number of hydrogen-bond acceptors (Lipinski definition) is 6. The number of rotatable bonds is 55. The van der Waals surface area contributed by atoms with Crippen LogP contribution < -0.4 is 0 Å². The van der Waals surface area contributed by atoms with Gasteiger partial charge in [0.05, 0.1) is 0 Å². The number of carbonyl (C=O) groups is 3. The van der Waals surface area contributed by atoms with E-state index in [1.807, 2.05) is 6.08 Å². The molecule has 6 nitrogen and oxygen atoms in total. The van der Waals surface area contributed by atoms with Crippen LogP contribution in [0.25, 0.3) is 0 Å². The lowest BCUT2D eigenvalue weighted by molar-refractivity contribution is -0.166. The summed E-state index contributed by atoms with van der Waals surface area (Å²) < 4.78 is 16.8. The number of esters is 3. The van der Waals surface area contributed by atoms with E-state index in [0.717, 1.165) is 77.0 Å². The molecule has 0 spiro atoms. The Labute approximate surface area is 440 Å². The summed E-state index contributed by atoms with van der Waals surface area (Å²) in [6.45, 7) is 6.48. The van der Waals surface area contributed by atoms with Gasteiger partial charge in [-0.05, 0) is 57.8 Å². The zero-order valence-corrected chi connectivity index (χ0v) is 47.0. The van der Waals surface area contributed by atoms with Crippen LogP contribution >= 0.6 is 0 Å². The maximum atomic E-state index is 12.8. The van der Waals surface area contributed by atoms with Gasteiger partial charge >= 0.3 is 17.9 Å². The molecule has 0 radical (unpaired) electrons. The summed E-state index contributed by atoms with van der Waals surface area (Å²) in [5.74, 6) is -0.978. The summed E-state index contributed by atoms with van der Waals surface area (Å²) in [5, 5.41) is 0. The fourth-order valence-electron chi connectivity index (χ4n) is 8.71. The lowest BCUT2D eigenvalue weighted by Gasteiger charge is -2.18. The van der Waals surface area contributed by atoms with Crippen LogP contribution in [0.1, 0.15) is 303 Å². The first-order valence-corrected chi connectivity index (χ1v) is 30.4. The molecule has 1 unspecified atom stereocenters. The standard InChI is InChI=1S/C65H114O6/c1-4-7-10-13-16-19-21-23-25-27-29-30-31-32-33-34-36-37-39-41-43-46-49-52-55-58-64(67)70-61-62(60-69-63(66)57-54-51-48-45-18-15-12-9-6-3)71-65(68)59-56-53-50-47-44-42-40-38-35-28-26-24-22-20-17-14-11-8-5-2/h8,11,17,20,24,26,35,38,42,44,50,53,62H,4-7,9-10,12-16,18-19,21-23,25,27-34,36-37,39-41,43,45-49,51-52,54-61H2,1-3H3/b11-8-,20-17-,26-24-,38-35-,44-42-,53-50-. The summed E-state index contributed by atoms with van der Waals surface area (Å²) >= 11 is 0. The van der Waals surface area contributed by atoms with E-state index in [2.05, 4.69) is 87.6 Å². The summed E-state index contributed by atoms with van der Waals surface area (Å²) in [7, 11) is 0. The normalized spacial score (nSPS) is 12.5. The van der Waals surface area contributed by atoms with Gasteiger partial charge in [-0.3, -0.25) is 14.4 Å². The molecular weight excluding hydrogens is 877 g/mol. The van der Waals surface area contributed by atoms with Crippen LogP contribution in [0.15, 0.2) is 72.9 Å². The summed E-state index contributed by atoms with van der Waals surface area (Å²) in [6, 6.07) is 0. The van der Waals surface area contributed by atoms with Crippen LogP contribution in [0.3, 0.4) is 0 Å². The van der Waals surface area contributed by atoms with E-state index in [1.165, 1.54) is 180 Å². The van der Waals surface area contributed by atoms with Crippen molar-refractivity contribution in [2.45, 2.75) is 309 Å². The van der Waals surface area contributed by atoms with Crippen molar-refractivity contribution in [3.8, 4) is 0 Å². The Bertz CT molecular complexity index is 1320. The van der Waals surface area contributed by atoms with Gasteiger partial charge in [-0.1, -0.05) is 299 Å². The minimum Gasteiger partial charge on any atom is -0.462 e. The van der Waals surface area contributed by atoms with Gasteiger partial charge in [0.2, 0.25) is 0 Å². The smallest absolute Gasteiger partial charge is 0.306 e. The zero-order valence-electron chi connectivity index (χ0n) is 47.0. The van der Waals surface area contributed by atoms with Gasteiger partial charge in [0, 0.05) is 19.3 Å². The molecule has 0 heterocycles. The van der Waals surface area contributed by atoms with E-state index in [0.29, 0.717) is 19.3 Å². The molecule has 410 valence electrons. The molecule has 6 heteroatoms. The monoisotopic (exact) mass is 991 g/mol. The molecule has 0 saturated carbocycles. The molecular formula is C65H114O6. The molecule has 1 atom stereocenters. The SMILES string of the molecule is CC/C=C\C/C=C\C/C=C\C/C=C\C/C=C\C/C=C\CCC(=O)OC(COC(=O)CCCCCCCCCCC)COC(=O)CCCCCCCCCCCCCCCCCCCCCCCCCCC. The Morgan fingerprint density at radius 1 is 0.296 bits per heavy atom. The topological polar surface area (TPSA) is 78.9 Å². The highest BCUT2D eigenvalue weighted by molar-refractivity contribution is 5.71. The predicted octanol–water partition coefficient (Wildman–Crippen LogP) is 20.5. The Morgan fingerprint density at radius 3 is 0.831 bits per heavy atom. The summed E-state index contributed by atoms with van der Waals surface area (Å²) in [4.78, 5) is 38.0. The van der Waals surface area contributed by atoms with Gasteiger partial charge in [0.25, 0.3) is 0 Å². The van der Waals surface area contributed by atoms with Crippen LogP contribution in [0, 0.1) is 0 Å². The average Bonchev–Trinajstić information content (AvgIpc) is 3.37. The van der Waals surface area contributed by atoms with Gasteiger partial charge in [-0.2, -0.15) is 0 Å². The fourth-order valence-corrected chi connectivity index (χ4v) is 8.71. The zero-order chi connectivity index (χ0) is 51.4. The van der Waals surface area contributed by atoms with Gasteiger partial charge in [-0.15, -0.1) is 0 Å². The van der Waals surface area contributed by atoms with Gasteiger partial charge in [-0.25, -0.2) is 0 Å². The third kappa shape index (κ3) is 57.6. The number of unbranched alkanes of at least 4 members (excludes halogenated alkanes) is 32. The Balaban J connectivity index is 4.27. The third-order valence-electron chi connectivity index (χ3n) is 13.2. The highest BCUT2D eigenvalue weighted by Gasteiger charge is 2.19. The predicted molar refractivity (Wildman–Crippen MR) is 307 cm³/mol. The van der Waals surface area contributed by atoms with E-state index >= 15 is 0 Å². The Hall–Kier alpha value is -3.15. The fraction of sp³-hybridized carbons (Fsp3) is 0.769. The molecule has 0 fully saturated rings. The van der Waals surface area contributed by atoms with Crippen molar-refractivity contribution in [2.24, 2.45) is 0 Å². The van der Waals surface area contributed by atoms with E-state index in [-0.39, 0.29) is 37.5 Å². The third-order valence-corrected chi connectivity index (χ3v) is 13.2. The molecule has 0 N–H and O–H groups in total. The highest BCUT2D eigenvalue weighted by atomic mass is 16.6. The van der Waals surface area contributed by atoms with Crippen molar-refractivity contribution >= 4 is 17.9 Å². The number of allylic oxidation sites excluding steroid dienone is 12. The van der Waals surface area contributed by atoms with Gasteiger partial charge in [0.15, 0.2) is 6.10 Å². The molecule has 0 rings (SSSR count). The largest absolute Gasteiger partial charge is 0.462 e. The average molecular weight is 992 g/mol. The maximum absolute atomic E-state index is 12.8. The number of carbonyl (C=O) groups excluding carboxylic acids is 3. The molecule has 0 aliphatic heterocycles. The van der Waals surface area contributed by atoms with Crippen LogP contribution in [0.2, 0.25) is 0 Å². The number of hydrogen-bond donors (Lipinski definition) is 0. The first-order chi connectivity index (χ1) is 35.0. The molecule has 71 heavy (non-hydrogen) atoms. The van der Waals surface area contributed by atoms with Crippen molar-refractivity contribution in [2.75, 3.05) is 13.2 Å². The first-order valence-electron chi connectivity index (χ1n) is 30.4.